The molecule has 1 N–H and O–H groups in total. The minimum absolute atomic E-state index is 0.0194. The average molecular weight is 414 g/mol. The van der Waals surface area contributed by atoms with E-state index >= 15 is 0 Å². The zero-order chi connectivity index (χ0) is 19.6. The highest BCUT2D eigenvalue weighted by Gasteiger charge is 2.49. The van der Waals surface area contributed by atoms with Crippen LogP contribution in [0.15, 0.2) is 29.3 Å². The van der Waals surface area contributed by atoms with Gasteiger partial charge in [-0.1, -0.05) is 17.8 Å². The molecule has 0 aromatic heterocycles. The number of hydrogen-bond acceptors (Lipinski definition) is 7. The fourth-order valence-electron chi connectivity index (χ4n) is 2.99. The zero-order valence-electron chi connectivity index (χ0n) is 14.4. The molecule has 2 heterocycles. The van der Waals surface area contributed by atoms with E-state index in [9.17, 15) is 18.0 Å². The Morgan fingerprint density at radius 1 is 1.33 bits per heavy atom. The number of ether oxygens (including phenoxy) is 2. The second kappa shape index (κ2) is 7.87. The summed E-state index contributed by atoms with van der Waals surface area (Å²) in [5, 5.41) is 8.70. The third kappa shape index (κ3) is 4.60. The minimum Gasteiger partial charge on any atom is -0.497 e. The molecule has 2 aliphatic rings. The Balaban J connectivity index is 1.87. The molecule has 2 fully saturated rings. The van der Waals surface area contributed by atoms with Crippen LogP contribution in [-0.2, 0) is 24.2 Å². The Labute approximate surface area is 160 Å². The van der Waals surface area contributed by atoms with Crippen molar-refractivity contribution in [3.63, 3.8) is 0 Å². The molecule has 3 rings (SSSR count). The van der Waals surface area contributed by atoms with Gasteiger partial charge in [-0.25, -0.2) is 13.2 Å². The number of methoxy groups -OCH3 is 1. The van der Waals surface area contributed by atoms with Crippen molar-refractivity contribution in [2.24, 2.45) is 4.99 Å². The number of aliphatic carboxylic acids is 1. The summed E-state index contributed by atoms with van der Waals surface area (Å²) in [4.78, 5) is 28.3. The molecule has 0 aliphatic carbocycles. The molecule has 2 atom stereocenters. The molecule has 1 amide bonds. The van der Waals surface area contributed by atoms with E-state index in [1.807, 2.05) is 0 Å². The first kappa shape index (κ1) is 19.6. The van der Waals surface area contributed by atoms with Crippen LogP contribution in [0.25, 0.3) is 0 Å². The van der Waals surface area contributed by atoms with Gasteiger partial charge in [-0.2, -0.15) is 4.99 Å². The van der Waals surface area contributed by atoms with E-state index in [0.29, 0.717) is 16.6 Å². The Kier molecular flexibility index (Phi) is 5.72. The quantitative estimate of drug-likeness (QED) is 0.704. The lowest BCUT2D eigenvalue weighted by atomic mass is 10.2. The van der Waals surface area contributed by atoms with Crippen LogP contribution < -0.4 is 9.64 Å². The molecule has 27 heavy (non-hydrogen) atoms. The first-order valence-electron chi connectivity index (χ1n) is 8.00. The van der Waals surface area contributed by atoms with Crippen molar-refractivity contribution in [1.29, 1.82) is 0 Å². The number of anilines is 1. The Morgan fingerprint density at radius 3 is 2.81 bits per heavy atom. The summed E-state index contributed by atoms with van der Waals surface area (Å²) in [5.74, 6) is -1.22. The van der Waals surface area contributed by atoms with E-state index in [1.165, 1.54) is 18.9 Å². The van der Waals surface area contributed by atoms with Crippen molar-refractivity contribution in [3.05, 3.63) is 24.3 Å². The van der Waals surface area contributed by atoms with E-state index in [-0.39, 0.29) is 22.8 Å². The second-order valence-corrected chi connectivity index (χ2v) is 9.41. The number of hydrogen-bond donors (Lipinski definition) is 1. The molecule has 0 saturated carbocycles. The number of amides is 1. The molecule has 0 radical (unpaired) electrons. The van der Waals surface area contributed by atoms with Crippen LogP contribution in [-0.4, -0.2) is 73.7 Å². The number of carbonyl (C=O) groups excluding carboxylic acids is 1. The van der Waals surface area contributed by atoms with Gasteiger partial charge in [0, 0.05) is 17.0 Å². The summed E-state index contributed by atoms with van der Waals surface area (Å²) < 4.78 is 34.1. The molecule has 0 bridgehead atoms. The molecule has 0 spiro atoms. The number of aliphatic imine (C=N–C) groups is 1. The molecule has 0 unspecified atom stereocenters. The maximum Gasteiger partial charge on any atom is 0.329 e. The van der Waals surface area contributed by atoms with Gasteiger partial charge in [0.15, 0.2) is 15.0 Å². The third-order valence-corrected chi connectivity index (χ3v) is 7.28. The largest absolute Gasteiger partial charge is 0.497 e. The van der Waals surface area contributed by atoms with E-state index in [2.05, 4.69) is 4.99 Å². The summed E-state index contributed by atoms with van der Waals surface area (Å²) in [5.41, 5.74) is 0.671. The normalized spacial score (nSPS) is 24.8. The van der Waals surface area contributed by atoms with Crippen LogP contribution in [0.1, 0.15) is 0 Å². The van der Waals surface area contributed by atoms with Crippen LogP contribution in [0.2, 0.25) is 0 Å². The molecule has 2 saturated heterocycles. The highest BCUT2D eigenvalue weighted by atomic mass is 32.2. The number of benzene rings is 1. The van der Waals surface area contributed by atoms with Crippen molar-refractivity contribution >= 4 is 44.3 Å². The number of carboxylic acids is 1. The maximum absolute atomic E-state index is 12.0. The number of sulfone groups is 1. The highest BCUT2D eigenvalue weighted by Crippen LogP contribution is 2.41. The number of nitrogens with zero attached hydrogens (tertiary/aromatic N) is 2. The number of amidine groups is 1. The molecule has 1 aromatic carbocycles. The zero-order valence-corrected chi connectivity index (χ0v) is 16.0. The van der Waals surface area contributed by atoms with Gasteiger partial charge in [-0.15, -0.1) is 0 Å². The minimum atomic E-state index is -3.16. The van der Waals surface area contributed by atoms with E-state index in [1.54, 1.807) is 29.2 Å². The Morgan fingerprint density at radius 2 is 2.11 bits per heavy atom. The third-order valence-electron chi connectivity index (χ3n) is 4.07. The molecule has 1 aromatic rings. The summed E-state index contributed by atoms with van der Waals surface area (Å²) in [6.45, 7) is -1.05. The van der Waals surface area contributed by atoms with Crippen molar-refractivity contribution in [3.8, 4) is 5.75 Å². The lowest BCUT2D eigenvalue weighted by molar-refractivity contribution is -0.143. The summed E-state index contributed by atoms with van der Waals surface area (Å²) in [6.07, 6.45) is 0. The number of carbonyl (C=O) groups is 2. The summed E-state index contributed by atoms with van der Waals surface area (Å²) in [6, 6.07) is 6.73. The predicted molar refractivity (Wildman–Crippen MR) is 100 cm³/mol. The SMILES string of the molecule is COc1cccc(N2C(=NC(=O)COCC(=O)O)S[C@H]3CS(=O)(=O)C[C@@H]32)c1. The van der Waals surface area contributed by atoms with Gasteiger partial charge in [-0.05, 0) is 12.1 Å². The molecule has 11 heteroatoms. The van der Waals surface area contributed by atoms with E-state index in [0.717, 1.165) is 0 Å². The maximum atomic E-state index is 12.0. The van der Waals surface area contributed by atoms with Crippen LogP contribution in [0.3, 0.4) is 0 Å². The van der Waals surface area contributed by atoms with Gasteiger partial charge >= 0.3 is 5.97 Å². The number of rotatable bonds is 6. The van der Waals surface area contributed by atoms with Gasteiger partial charge in [-0.3, -0.25) is 4.79 Å². The number of thioether (sulfide) groups is 1. The average Bonchev–Trinajstić information content (AvgIpc) is 3.05. The Bertz CT molecular complexity index is 885. The second-order valence-electron chi connectivity index (χ2n) is 6.05. The fraction of sp³-hybridized carbons (Fsp3) is 0.438. The monoisotopic (exact) mass is 414 g/mol. The molecular formula is C16H18N2O7S2. The number of fused-ring (bicyclic) bond motifs is 1. The first-order valence-corrected chi connectivity index (χ1v) is 10.7. The van der Waals surface area contributed by atoms with Crippen LogP contribution in [0, 0.1) is 0 Å². The summed E-state index contributed by atoms with van der Waals surface area (Å²) >= 11 is 1.23. The molecular weight excluding hydrogens is 396 g/mol. The topological polar surface area (TPSA) is 123 Å². The van der Waals surface area contributed by atoms with E-state index in [4.69, 9.17) is 14.6 Å². The molecule has 9 nitrogen and oxygen atoms in total. The molecule has 2 aliphatic heterocycles. The standard InChI is InChI=1S/C16H18N2O7S2/c1-24-11-4-2-3-10(5-11)18-12-8-27(22,23)9-13(12)26-16(18)17-14(19)6-25-7-15(20)21/h2-5,12-13H,6-9H2,1H3,(H,20,21)/t12-,13-/m0/s1. The van der Waals surface area contributed by atoms with Gasteiger partial charge in [0.2, 0.25) is 0 Å². The van der Waals surface area contributed by atoms with Crippen molar-refractivity contribution in [2.75, 3.05) is 36.7 Å². The summed E-state index contributed by atoms with van der Waals surface area (Å²) in [7, 11) is -1.63. The van der Waals surface area contributed by atoms with Gasteiger partial charge in [0.25, 0.3) is 5.91 Å². The highest BCUT2D eigenvalue weighted by molar-refractivity contribution is 8.16. The lowest BCUT2D eigenvalue weighted by Crippen LogP contribution is -2.37. The first-order chi connectivity index (χ1) is 12.8. The van der Waals surface area contributed by atoms with Crippen molar-refractivity contribution in [2.45, 2.75) is 11.3 Å². The molecule has 146 valence electrons. The van der Waals surface area contributed by atoms with Crippen molar-refractivity contribution < 1.29 is 32.6 Å². The van der Waals surface area contributed by atoms with Gasteiger partial charge in [0.1, 0.15) is 19.0 Å². The van der Waals surface area contributed by atoms with Crippen LogP contribution >= 0.6 is 11.8 Å². The van der Waals surface area contributed by atoms with Crippen LogP contribution in [0.4, 0.5) is 5.69 Å². The van der Waals surface area contributed by atoms with Gasteiger partial charge < -0.3 is 19.5 Å². The fourth-order valence-corrected chi connectivity index (χ4v) is 6.92. The lowest BCUT2D eigenvalue weighted by Gasteiger charge is -2.24. The van der Waals surface area contributed by atoms with Crippen LogP contribution in [0.5, 0.6) is 5.75 Å². The number of carboxylic acid groups (broad SMARTS) is 1. The van der Waals surface area contributed by atoms with E-state index < -0.39 is 34.9 Å². The van der Waals surface area contributed by atoms with Crippen molar-refractivity contribution in [1.82, 2.24) is 0 Å². The van der Waals surface area contributed by atoms with Gasteiger partial charge in [0.05, 0.1) is 24.7 Å². The smallest absolute Gasteiger partial charge is 0.329 e. The predicted octanol–water partition coefficient (Wildman–Crippen LogP) is 0.398. The Hall–Kier alpha value is -2.11.